The minimum atomic E-state index is -0.596. The first kappa shape index (κ1) is 19.0. The Hall–Kier alpha value is -3.03. The smallest absolute Gasteiger partial charge is 0.255 e. The summed E-state index contributed by atoms with van der Waals surface area (Å²) in [6.07, 6.45) is 1.51. The lowest BCUT2D eigenvalue weighted by Gasteiger charge is -2.29. The molecule has 2 heterocycles. The van der Waals surface area contributed by atoms with Crippen molar-refractivity contribution in [3.63, 3.8) is 0 Å². The van der Waals surface area contributed by atoms with Gasteiger partial charge in [0.1, 0.15) is 6.04 Å². The van der Waals surface area contributed by atoms with Gasteiger partial charge in [0.25, 0.3) is 5.91 Å². The molecule has 154 valence electrons. The summed E-state index contributed by atoms with van der Waals surface area (Å²) in [4.78, 5) is 38.3. The molecule has 2 aliphatic heterocycles. The molecule has 2 aromatic carbocycles. The fourth-order valence-corrected chi connectivity index (χ4v) is 4.88. The first-order valence-corrected chi connectivity index (χ1v) is 10.3. The SMILES string of the molecule is N[C@@H]1c2ccccc2C[C@H]1NCc1cccc2c1CN(C1CCC(=O)NC1=O)C2=O. The van der Waals surface area contributed by atoms with Gasteiger partial charge in [-0.05, 0) is 41.2 Å². The average molecular weight is 404 g/mol. The first-order valence-electron chi connectivity index (χ1n) is 10.3. The third-order valence-electron chi connectivity index (χ3n) is 6.52. The third kappa shape index (κ3) is 3.11. The zero-order valence-electron chi connectivity index (χ0n) is 16.6. The van der Waals surface area contributed by atoms with Gasteiger partial charge in [-0.15, -0.1) is 0 Å². The van der Waals surface area contributed by atoms with E-state index < -0.39 is 6.04 Å². The Morgan fingerprint density at radius 2 is 1.93 bits per heavy atom. The molecule has 0 spiro atoms. The highest BCUT2D eigenvalue weighted by molar-refractivity contribution is 6.05. The fraction of sp³-hybridized carbons (Fsp3) is 0.348. The van der Waals surface area contributed by atoms with Crippen molar-refractivity contribution in [2.45, 2.75) is 50.5 Å². The zero-order chi connectivity index (χ0) is 20.8. The first-order chi connectivity index (χ1) is 14.5. The van der Waals surface area contributed by atoms with E-state index in [1.165, 1.54) is 11.1 Å². The van der Waals surface area contributed by atoms with Crippen molar-refractivity contribution in [2.24, 2.45) is 5.73 Å². The predicted molar refractivity (Wildman–Crippen MR) is 110 cm³/mol. The number of benzene rings is 2. The number of fused-ring (bicyclic) bond motifs is 2. The topological polar surface area (TPSA) is 105 Å². The molecule has 5 rings (SSSR count). The van der Waals surface area contributed by atoms with Crippen molar-refractivity contribution >= 4 is 17.7 Å². The van der Waals surface area contributed by atoms with Gasteiger partial charge in [0.15, 0.2) is 0 Å². The monoisotopic (exact) mass is 404 g/mol. The van der Waals surface area contributed by atoms with E-state index in [4.69, 9.17) is 5.73 Å². The van der Waals surface area contributed by atoms with E-state index in [1.54, 1.807) is 4.90 Å². The van der Waals surface area contributed by atoms with Crippen LogP contribution in [-0.4, -0.2) is 34.7 Å². The summed E-state index contributed by atoms with van der Waals surface area (Å²) in [6.45, 7) is 0.987. The molecular weight excluding hydrogens is 380 g/mol. The summed E-state index contributed by atoms with van der Waals surface area (Å²) >= 11 is 0. The van der Waals surface area contributed by atoms with E-state index in [0.29, 0.717) is 25.1 Å². The van der Waals surface area contributed by atoms with Crippen molar-refractivity contribution in [3.8, 4) is 0 Å². The Labute approximate surface area is 174 Å². The minimum Gasteiger partial charge on any atom is -0.323 e. The molecule has 7 nitrogen and oxygen atoms in total. The molecule has 0 bridgehead atoms. The van der Waals surface area contributed by atoms with Gasteiger partial charge in [-0.2, -0.15) is 0 Å². The molecule has 4 N–H and O–H groups in total. The van der Waals surface area contributed by atoms with E-state index in [0.717, 1.165) is 17.5 Å². The molecule has 1 unspecified atom stereocenters. The molecule has 1 aliphatic carbocycles. The molecular formula is C23H24N4O3. The van der Waals surface area contributed by atoms with Crippen LogP contribution in [0.5, 0.6) is 0 Å². The van der Waals surface area contributed by atoms with Crippen LogP contribution in [0.4, 0.5) is 0 Å². The number of rotatable bonds is 4. The molecule has 30 heavy (non-hydrogen) atoms. The van der Waals surface area contributed by atoms with Crippen LogP contribution in [0.3, 0.4) is 0 Å². The molecule has 0 radical (unpaired) electrons. The summed E-state index contributed by atoms with van der Waals surface area (Å²) in [6, 6.07) is 13.4. The van der Waals surface area contributed by atoms with Crippen LogP contribution in [-0.2, 0) is 29.1 Å². The summed E-state index contributed by atoms with van der Waals surface area (Å²) in [5.74, 6) is -0.813. The van der Waals surface area contributed by atoms with E-state index >= 15 is 0 Å². The van der Waals surface area contributed by atoms with Gasteiger partial charge < -0.3 is 16.0 Å². The Kier molecular flexibility index (Phi) is 4.64. The maximum Gasteiger partial charge on any atom is 0.255 e. The number of nitrogens with one attached hydrogen (secondary N) is 2. The second-order valence-electron chi connectivity index (χ2n) is 8.26. The maximum atomic E-state index is 13.0. The molecule has 3 atom stereocenters. The van der Waals surface area contributed by atoms with Crippen LogP contribution in [0.1, 0.15) is 51.5 Å². The molecule has 0 aromatic heterocycles. The highest BCUT2D eigenvalue weighted by Gasteiger charge is 2.39. The van der Waals surface area contributed by atoms with E-state index in [9.17, 15) is 14.4 Å². The van der Waals surface area contributed by atoms with Gasteiger partial charge in [-0.1, -0.05) is 36.4 Å². The van der Waals surface area contributed by atoms with Crippen LogP contribution in [0.25, 0.3) is 0 Å². The molecule has 3 amide bonds. The number of piperidine rings is 1. The maximum absolute atomic E-state index is 13.0. The van der Waals surface area contributed by atoms with Gasteiger partial charge in [0.05, 0.1) is 0 Å². The predicted octanol–water partition coefficient (Wildman–Crippen LogP) is 1.16. The molecule has 1 saturated heterocycles. The van der Waals surface area contributed by atoms with Crippen LogP contribution in [0.15, 0.2) is 42.5 Å². The number of hydrogen-bond acceptors (Lipinski definition) is 5. The summed E-state index contributed by atoms with van der Waals surface area (Å²) in [5.41, 5.74) is 11.5. The molecule has 0 saturated carbocycles. The van der Waals surface area contributed by atoms with Gasteiger partial charge in [-0.3, -0.25) is 19.7 Å². The minimum absolute atomic E-state index is 0.0560. The van der Waals surface area contributed by atoms with Crippen molar-refractivity contribution in [3.05, 3.63) is 70.3 Å². The van der Waals surface area contributed by atoms with Gasteiger partial charge in [-0.25, -0.2) is 0 Å². The van der Waals surface area contributed by atoms with E-state index in [2.05, 4.69) is 22.8 Å². The molecule has 3 aliphatic rings. The quantitative estimate of drug-likeness (QED) is 0.664. The Bertz CT molecular complexity index is 1050. The van der Waals surface area contributed by atoms with Crippen molar-refractivity contribution in [1.82, 2.24) is 15.5 Å². The molecule has 2 aromatic rings. The Morgan fingerprint density at radius 1 is 1.10 bits per heavy atom. The van der Waals surface area contributed by atoms with Gasteiger partial charge in [0, 0.05) is 37.2 Å². The number of carbonyl (C=O) groups is 3. The average Bonchev–Trinajstić information content (AvgIpc) is 3.24. The number of carbonyl (C=O) groups excluding carboxylic acids is 3. The second kappa shape index (κ2) is 7.34. The Balaban J connectivity index is 1.32. The lowest BCUT2D eigenvalue weighted by atomic mass is 10.0. The number of amides is 3. The number of nitrogens with two attached hydrogens (primary N) is 1. The van der Waals surface area contributed by atoms with Gasteiger partial charge >= 0.3 is 0 Å². The molecule has 1 fully saturated rings. The summed E-state index contributed by atoms with van der Waals surface area (Å²) < 4.78 is 0. The lowest BCUT2D eigenvalue weighted by Crippen LogP contribution is -2.52. The number of hydrogen-bond donors (Lipinski definition) is 3. The second-order valence-corrected chi connectivity index (χ2v) is 8.26. The van der Waals surface area contributed by atoms with E-state index in [-0.39, 0.29) is 36.2 Å². The van der Waals surface area contributed by atoms with Crippen molar-refractivity contribution in [1.29, 1.82) is 0 Å². The number of imide groups is 1. The van der Waals surface area contributed by atoms with Crippen LogP contribution >= 0.6 is 0 Å². The summed E-state index contributed by atoms with van der Waals surface area (Å²) in [5, 5.41) is 5.92. The fourth-order valence-electron chi connectivity index (χ4n) is 4.88. The number of nitrogens with zero attached hydrogens (tertiary/aromatic N) is 1. The van der Waals surface area contributed by atoms with Crippen LogP contribution < -0.4 is 16.4 Å². The third-order valence-corrected chi connectivity index (χ3v) is 6.52. The normalized spacial score (nSPS) is 25.3. The van der Waals surface area contributed by atoms with Crippen molar-refractivity contribution in [2.75, 3.05) is 0 Å². The molecule has 7 heteroatoms. The largest absolute Gasteiger partial charge is 0.323 e. The summed E-state index contributed by atoms with van der Waals surface area (Å²) in [7, 11) is 0. The standard InChI is InChI=1S/C23H24N4O3/c24-21-15-6-2-1-4-13(15)10-18(21)25-11-14-5-3-7-16-17(14)12-27(23(16)30)19-8-9-20(28)26-22(19)29/h1-7,18-19,21,25H,8-12,24H2,(H,26,28,29)/t18-,19?,21-/m1/s1. The van der Waals surface area contributed by atoms with E-state index in [1.807, 2.05) is 30.3 Å². The highest BCUT2D eigenvalue weighted by atomic mass is 16.2. The van der Waals surface area contributed by atoms with Crippen LogP contribution in [0, 0.1) is 0 Å². The lowest BCUT2D eigenvalue weighted by molar-refractivity contribution is -0.136. The van der Waals surface area contributed by atoms with Gasteiger partial charge in [0.2, 0.25) is 11.8 Å². The van der Waals surface area contributed by atoms with Crippen LogP contribution in [0.2, 0.25) is 0 Å². The Morgan fingerprint density at radius 3 is 2.73 bits per heavy atom. The van der Waals surface area contributed by atoms with Crippen molar-refractivity contribution < 1.29 is 14.4 Å². The highest BCUT2D eigenvalue weighted by Crippen LogP contribution is 2.32. The zero-order valence-corrected chi connectivity index (χ0v) is 16.6.